The number of anilines is 1. The molecule has 3 N–H and O–H groups in total. The normalized spacial score (nSPS) is 11.8. The Morgan fingerprint density at radius 1 is 1.30 bits per heavy atom. The van der Waals surface area contributed by atoms with Crippen molar-refractivity contribution >= 4 is 38.6 Å². The number of halogens is 1. The Kier molecular flexibility index (Phi) is 4.39. The topological polar surface area (TPSA) is 72.2 Å². The number of nitrogens with two attached hydrogens (primary N) is 1. The summed E-state index contributed by atoms with van der Waals surface area (Å²) in [5.74, 6) is 0. The fourth-order valence-electron chi connectivity index (χ4n) is 1.72. The van der Waals surface area contributed by atoms with Crippen LogP contribution in [0.15, 0.2) is 29.2 Å². The van der Waals surface area contributed by atoms with E-state index in [-0.39, 0.29) is 16.5 Å². The Bertz CT molecular complexity index is 719. The molecule has 1 aromatic carbocycles. The summed E-state index contributed by atoms with van der Waals surface area (Å²) in [7, 11) is -3.64. The molecule has 7 heteroatoms. The number of nitrogens with one attached hydrogen (secondary N) is 1. The number of aryl methyl sites for hydroxylation is 2. The molecule has 0 aliphatic carbocycles. The van der Waals surface area contributed by atoms with Gasteiger partial charge in [0.15, 0.2) is 0 Å². The second kappa shape index (κ2) is 5.73. The molecule has 0 amide bonds. The van der Waals surface area contributed by atoms with Crippen molar-refractivity contribution in [2.75, 3.05) is 5.73 Å². The summed E-state index contributed by atoms with van der Waals surface area (Å²) in [6, 6.07) is 6.33. The van der Waals surface area contributed by atoms with Crippen molar-refractivity contribution in [1.29, 1.82) is 0 Å². The van der Waals surface area contributed by atoms with Gasteiger partial charge in [0, 0.05) is 22.0 Å². The highest BCUT2D eigenvalue weighted by Crippen LogP contribution is 2.25. The van der Waals surface area contributed by atoms with Gasteiger partial charge in [-0.3, -0.25) is 0 Å². The fraction of sp³-hybridized carbons (Fsp3) is 0.231. The Morgan fingerprint density at radius 3 is 2.55 bits per heavy atom. The molecule has 2 aromatic rings. The quantitative estimate of drug-likeness (QED) is 0.846. The van der Waals surface area contributed by atoms with Crippen LogP contribution in [0.1, 0.15) is 15.3 Å². The van der Waals surface area contributed by atoms with Crippen molar-refractivity contribution in [3.63, 3.8) is 0 Å². The van der Waals surface area contributed by atoms with Crippen LogP contribution in [0.5, 0.6) is 0 Å². The van der Waals surface area contributed by atoms with Gasteiger partial charge in [0.1, 0.15) is 4.90 Å². The molecule has 0 bridgehead atoms. The van der Waals surface area contributed by atoms with Crippen LogP contribution in [0.4, 0.5) is 5.69 Å². The fourth-order valence-corrected chi connectivity index (χ4v) is 4.36. The first kappa shape index (κ1) is 15.3. The number of hydrogen-bond donors (Lipinski definition) is 2. The average Bonchev–Trinajstić information content (AvgIpc) is 2.66. The van der Waals surface area contributed by atoms with Gasteiger partial charge in [0.25, 0.3) is 0 Å². The minimum Gasteiger partial charge on any atom is -0.399 e. The van der Waals surface area contributed by atoms with Gasteiger partial charge < -0.3 is 5.73 Å². The molecule has 1 heterocycles. The molecular weight excluding hydrogens is 316 g/mol. The van der Waals surface area contributed by atoms with Gasteiger partial charge in [-0.05, 0) is 43.7 Å². The van der Waals surface area contributed by atoms with Gasteiger partial charge in [-0.15, -0.1) is 11.3 Å². The molecule has 0 saturated carbocycles. The molecule has 4 nitrogen and oxygen atoms in total. The molecule has 0 aliphatic heterocycles. The molecule has 0 aliphatic rings. The molecule has 1 aromatic heterocycles. The zero-order valence-electron chi connectivity index (χ0n) is 11.1. The van der Waals surface area contributed by atoms with Gasteiger partial charge in [0.2, 0.25) is 10.0 Å². The van der Waals surface area contributed by atoms with Gasteiger partial charge >= 0.3 is 0 Å². The maximum absolute atomic E-state index is 12.2. The van der Waals surface area contributed by atoms with E-state index >= 15 is 0 Å². The smallest absolute Gasteiger partial charge is 0.242 e. The second-order valence-corrected chi connectivity index (χ2v) is 7.95. The highest BCUT2D eigenvalue weighted by atomic mass is 35.5. The van der Waals surface area contributed by atoms with Gasteiger partial charge in [0.05, 0.1) is 5.02 Å². The van der Waals surface area contributed by atoms with E-state index in [2.05, 4.69) is 4.72 Å². The van der Waals surface area contributed by atoms with Gasteiger partial charge in [-0.1, -0.05) is 11.6 Å². The summed E-state index contributed by atoms with van der Waals surface area (Å²) in [5, 5.41) is 0.121. The number of nitrogen functional groups attached to an aromatic ring is 1. The number of hydrogen-bond acceptors (Lipinski definition) is 4. The zero-order valence-corrected chi connectivity index (χ0v) is 13.5. The second-order valence-electron chi connectivity index (χ2n) is 4.47. The van der Waals surface area contributed by atoms with Crippen molar-refractivity contribution in [1.82, 2.24) is 4.72 Å². The van der Waals surface area contributed by atoms with Gasteiger partial charge in [-0.2, -0.15) is 0 Å². The minimum absolute atomic E-state index is 0.0402. The average molecular weight is 331 g/mol. The lowest BCUT2D eigenvalue weighted by Crippen LogP contribution is -2.23. The summed E-state index contributed by atoms with van der Waals surface area (Å²) in [4.78, 5) is 2.19. The molecule has 20 heavy (non-hydrogen) atoms. The molecule has 0 radical (unpaired) electrons. The number of thiophene rings is 1. The van der Waals surface area contributed by atoms with E-state index in [0.717, 1.165) is 10.4 Å². The SMILES string of the molecule is Cc1cc(CNS(=O)(=O)c2ccc(N)cc2Cl)sc1C. The summed E-state index contributed by atoms with van der Waals surface area (Å²) in [5.41, 5.74) is 7.15. The summed E-state index contributed by atoms with van der Waals surface area (Å²) < 4.78 is 26.9. The molecule has 0 saturated heterocycles. The Morgan fingerprint density at radius 2 is 2.00 bits per heavy atom. The predicted molar refractivity (Wildman–Crippen MR) is 83.7 cm³/mol. The Labute approximate surface area is 127 Å². The Hall–Kier alpha value is -1.08. The maximum atomic E-state index is 12.2. The molecule has 2 rings (SSSR count). The van der Waals surface area contributed by atoms with Crippen LogP contribution >= 0.6 is 22.9 Å². The van der Waals surface area contributed by atoms with E-state index < -0.39 is 10.0 Å². The molecule has 0 fully saturated rings. The first-order valence-electron chi connectivity index (χ1n) is 5.90. The van der Waals surface area contributed by atoms with E-state index in [4.69, 9.17) is 17.3 Å². The van der Waals surface area contributed by atoms with E-state index in [1.165, 1.54) is 23.1 Å². The lowest BCUT2D eigenvalue weighted by molar-refractivity contribution is 0.582. The third-order valence-corrected chi connectivity index (χ3v) is 5.94. The summed E-state index contributed by atoms with van der Waals surface area (Å²) in [6.45, 7) is 4.26. The van der Waals surface area contributed by atoms with E-state index in [1.807, 2.05) is 19.9 Å². The van der Waals surface area contributed by atoms with E-state index in [9.17, 15) is 8.42 Å². The van der Waals surface area contributed by atoms with Crippen molar-refractivity contribution in [2.24, 2.45) is 0 Å². The van der Waals surface area contributed by atoms with E-state index in [1.54, 1.807) is 11.3 Å². The first-order chi connectivity index (χ1) is 9.29. The number of rotatable bonds is 4. The zero-order chi connectivity index (χ0) is 14.9. The van der Waals surface area contributed by atoms with Crippen LogP contribution in [-0.2, 0) is 16.6 Å². The largest absolute Gasteiger partial charge is 0.399 e. The van der Waals surface area contributed by atoms with Crippen LogP contribution in [0, 0.1) is 13.8 Å². The minimum atomic E-state index is -3.64. The number of benzene rings is 1. The molecular formula is C13H15ClN2O2S2. The predicted octanol–water partition coefficient (Wildman–Crippen LogP) is 3.08. The van der Waals surface area contributed by atoms with Crippen molar-refractivity contribution in [3.8, 4) is 0 Å². The lowest BCUT2D eigenvalue weighted by Gasteiger charge is -2.08. The van der Waals surface area contributed by atoms with Gasteiger partial charge in [-0.25, -0.2) is 13.1 Å². The van der Waals surface area contributed by atoms with Crippen molar-refractivity contribution in [2.45, 2.75) is 25.3 Å². The monoisotopic (exact) mass is 330 g/mol. The third kappa shape index (κ3) is 3.32. The van der Waals surface area contributed by atoms with Crippen LogP contribution in [0.3, 0.4) is 0 Å². The highest BCUT2D eigenvalue weighted by Gasteiger charge is 2.18. The molecule has 0 unspecified atom stereocenters. The summed E-state index contributed by atoms with van der Waals surface area (Å²) >= 11 is 7.51. The Balaban J connectivity index is 2.19. The molecule has 0 spiro atoms. The maximum Gasteiger partial charge on any atom is 0.242 e. The van der Waals surface area contributed by atoms with Crippen LogP contribution < -0.4 is 10.5 Å². The lowest BCUT2D eigenvalue weighted by atomic mass is 10.3. The molecule has 0 atom stereocenters. The van der Waals surface area contributed by atoms with Crippen molar-refractivity contribution < 1.29 is 8.42 Å². The van der Waals surface area contributed by atoms with Crippen LogP contribution in [-0.4, -0.2) is 8.42 Å². The highest BCUT2D eigenvalue weighted by molar-refractivity contribution is 7.89. The first-order valence-corrected chi connectivity index (χ1v) is 8.58. The number of sulfonamides is 1. The van der Waals surface area contributed by atoms with E-state index in [0.29, 0.717) is 5.69 Å². The van der Waals surface area contributed by atoms with Crippen LogP contribution in [0.25, 0.3) is 0 Å². The van der Waals surface area contributed by atoms with Crippen LogP contribution in [0.2, 0.25) is 5.02 Å². The molecule has 108 valence electrons. The standard InChI is InChI=1S/C13H15ClN2O2S2/c1-8-5-11(19-9(8)2)7-16-20(17,18)13-4-3-10(15)6-12(13)14/h3-6,16H,7,15H2,1-2H3. The third-order valence-electron chi connectivity index (χ3n) is 2.90. The van der Waals surface area contributed by atoms with Crippen molar-refractivity contribution in [3.05, 3.63) is 44.6 Å². The summed E-state index contributed by atoms with van der Waals surface area (Å²) in [6.07, 6.45) is 0.